The number of hydrogen-bond donors (Lipinski definition) is 0. The van der Waals surface area contributed by atoms with Crippen LogP contribution in [0.2, 0.25) is 0 Å². The van der Waals surface area contributed by atoms with Crippen LogP contribution in [0.3, 0.4) is 0 Å². The molecule has 0 spiro atoms. The van der Waals surface area contributed by atoms with Crippen molar-refractivity contribution in [3.05, 3.63) is 0 Å². The minimum atomic E-state index is -1.87. The molecule has 5 heteroatoms. The van der Waals surface area contributed by atoms with Gasteiger partial charge in [0.15, 0.2) is 0 Å². The summed E-state index contributed by atoms with van der Waals surface area (Å²) in [6, 6.07) is 0. The van der Waals surface area contributed by atoms with Gasteiger partial charge in [-0.25, -0.2) is 0 Å². The van der Waals surface area contributed by atoms with E-state index in [-0.39, 0.29) is 18.2 Å². The van der Waals surface area contributed by atoms with Crippen LogP contribution in [0.5, 0.6) is 0 Å². The highest BCUT2D eigenvalue weighted by molar-refractivity contribution is 7.45. The highest BCUT2D eigenvalue weighted by atomic mass is 31.1. The van der Waals surface area contributed by atoms with Gasteiger partial charge in [-0.15, -0.1) is 0 Å². The Morgan fingerprint density at radius 1 is 1.00 bits per heavy atom. The predicted octanol–water partition coefficient (Wildman–Crippen LogP) is 3.93. The van der Waals surface area contributed by atoms with Crippen LogP contribution in [-0.4, -0.2) is 31.2 Å². The van der Waals surface area contributed by atoms with E-state index >= 15 is 0 Å². The molecule has 0 saturated carbocycles. The molecular weight excluding hydrogens is 275 g/mol. The zero-order chi connectivity index (χ0) is 15.5. The number of ether oxygens (including phenoxy) is 2. The SMILES string of the molecule is CC(C)CCOC(=O)CC[PH](=O)C(C)OCCC(C)C. The van der Waals surface area contributed by atoms with E-state index in [2.05, 4.69) is 27.7 Å². The zero-order valence-corrected chi connectivity index (χ0v) is 14.6. The van der Waals surface area contributed by atoms with Crippen molar-refractivity contribution < 1.29 is 18.8 Å². The molecule has 2 atom stereocenters. The molecule has 120 valence electrons. The minimum Gasteiger partial charge on any atom is -0.466 e. The first kappa shape index (κ1) is 19.7. The summed E-state index contributed by atoms with van der Waals surface area (Å²) in [5.41, 5.74) is 0. The standard InChI is InChI=1S/C15H31O4P/c1-12(2)6-9-18-14(5)20(17)11-8-15(16)19-10-7-13(3)4/h12-14,20H,6-11H2,1-5H3. The number of carbonyl (C=O) groups excluding carboxylic acids is 1. The fraction of sp³-hybridized carbons (Fsp3) is 0.933. The van der Waals surface area contributed by atoms with Crippen LogP contribution in [0.25, 0.3) is 0 Å². The monoisotopic (exact) mass is 306 g/mol. The molecule has 0 fully saturated rings. The highest BCUT2D eigenvalue weighted by Crippen LogP contribution is 2.29. The van der Waals surface area contributed by atoms with E-state index in [0.717, 1.165) is 12.8 Å². The van der Waals surface area contributed by atoms with Gasteiger partial charge in [-0.3, -0.25) is 4.79 Å². The molecule has 2 unspecified atom stereocenters. The van der Waals surface area contributed by atoms with E-state index in [0.29, 0.717) is 31.2 Å². The summed E-state index contributed by atoms with van der Waals surface area (Å²) in [5.74, 6) is 0.609. The van der Waals surface area contributed by atoms with Gasteiger partial charge in [-0.2, -0.15) is 0 Å². The van der Waals surface area contributed by atoms with E-state index in [1.807, 2.05) is 6.92 Å². The second kappa shape index (κ2) is 11.3. The van der Waals surface area contributed by atoms with Gasteiger partial charge in [0.1, 0.15) is 13.6 Å². The summed E-state index contributed by atoms with van der Waals surface area (Å²) in [7, 11) is -1.87. The van der Waals surface area contributed by atoms with Crippen molar-refractivity contribution in [3.63, 3.8) is 0 Å². The molecule has 0 amide bonds. The molecule has 0 aliphatic rings. The summed E-state index contributed by atoms with van der Waals surface area (Å²) < 4.78 is 22.6. The lowest BCUT2D eigenvalue weighted by molar-refractivity contribution is -0.143. The van der Waals surface area contributed by atoms with E-state index in [1.165, 1.54) is 0 Å². The lowest BCUT2D eigenvalue weighted by Gasteiger charge is -2.14. The molecule has 0 heterocycles. The van der Waals surface area contributed by atoms with Crippen molar-refractivity contribution in [2.24, 2.45) is 11.8 Å². The lowest BCUT2D eigenvalue weighted by Crippen LogP contribution is -2.11. The van der Waals surface area contributed by atoms with Gasteiger partial charge >= 0.3 is 5.97 Å². The molecule has 20 heavy (non-hydrogen) atoms. The normalized spacial score (nSPS) is 14.6. The molecule has 0 aromatic heterocycles. The molecular formula is C15H31O4P. The largest absolute Gasteiger partial charge is 0.466 e. The van der Waals surface area contributed by atoms with Crippen LogP contribution in [-0.2, 0) is 18.8 Å². The summed E-state index contributed by atoms with van der Waals surface area (Å²) in [6.07, 6.45) is 2.45. The third kappa shape index (κ3) is 11.5. The molecule has 0 N–H and O–H groups in total. The van der Waals surface area contributed by atoms with Crippen LogP contribution >= 0.6 is 7.80 Å². The topological polar surface area (TPSA) is 52.6 Å². The molecule has 0 saturated heterocycles. The molecule has 0 radical (unpaired) electrons. The predicted molar refractivity (Wildman–Crippen MR) is 83.8 cm³/mol. The van der Waals surface area contributed by atoms with Crippen LogP contribution in [0.1, 0.15) is 53.9 Å². The Bertz CT molecular complexity index is 290. The van der Waals surface area contributed by atoms with Crippen molar-refractivity contribution in [1.29, 1.82) is 0 Å². The Kier molecular flexibility index (Phi) is 11.1. The third-order valence-electron chi connectivity index (χ3n) is 3.05. The Labute approximate surface area is 124 Å². The average Bonchev–Trinajstić information content (AvgIpc) is 2.34. The fourth-order valence-corrected chi connectivity index (χ4v) is 2.64. The molecule has 0 aliphatic heterocycles. The van der Waals surface area contributed by atoms with Crippen molar-refractivity contribution >= 4 is 13.8 Å². The Morgan fingerprint density at radius 3 is 2.10 bits per heavy atom. The van der Waals surface area contributed by atoms with E-state index in [4.69, 9.17) is 9.47 Å². The van der Waals surface area contributed by atoms with Crippen molar-refractivity contribution in [2.75, 3.05) is 19.4 Å². The second-order valence-electron chi connectivity index (χ2n) is 6.06. The van der Waals surface area contributed by atoms with Crippen LogP contribution in [0, 0.1) is 11.8 Å². The van der Waals surface area contributed by atoms with Gasteiger partial charge in [0.05, 0.1) is 13.0 Å². The van der Waals surface area contributed by atoms with Crippen LogP contribution in [0.15, 0.2) is 0 Å². The molecule has 0 rings (SSSR count). The first-order valence-electron chi connectivity index (χ1n) is 7.62. The van der Waals surface area contributed by atoms with Crippen molar-refractivity contribution in [1.82, 2.24) is 0 Å². The van der Waals surface area contributed by atoms with E-state index in [1.54, 1.807) is 0 Å². The van der Waals surface area contributed by atoms with E-state index < -0.39 is 7.80 Å². The molecule has 0 aromatic rings. The Morgan fingerprint density at radius 2 is 1.55 bits per heavy atom. The van der Waals surface area contributed by atoms with Gasteiger partial charge in [0, 0.05) is 12.8 Å². The van der Waals surface area contributed by atoms with Gasteiger partial charge in [-0.1, -0.05) is 27.7 Å². The maximum absolute atomic E-state index is 12.0. The zero-order valence-electron chi connectivity index (χ0n) is 13.6. The molecule has 0 aromatic carbocycles. The fourth-order valence-electron chi connectivity index (χ4n) is 1.48. The lowest BCUT2D eigenvalue weighted by atomic mass is 10.1. The minimum absolute atomic E-state index is 0.230. The molecule has 0 aliphatic carbocycles. The average molecular weight is 306 g/mol. The smallest absolute Gasteiger partial charge is 0.306 e. The second-order valence-corrected chi connectivity index (χ2v) is 8.31. The summed E-state index contributed by atoms with van der Waals surface area (Å²) in [4.78, 5) is 11.5. The number of hydrogen-bond acceptors (Lipinski definition) is 4. The van der Waals surface area contributed by atoms with E-state index in [9.17, 15) is 9.36 Å². The van der Waals surface area contributed by atoms with Gasteiger partial charge in [0.25, 0.3) is 0 Å². The summed E-state index contributed by atoms with van der Waals surface area (Å²) in [6.45, 7) is 11.3. The number of esters is 1. The highest BCUT2D eigenvalue weighted by Gasteiger charge is 2.14. The van der Waals surface area contributed by atoms with Crippen LogP contribution in [0.4, 0.5) is 0 Å². The maximum Gasteiger partial charge on any atom is 0.306 e. The first-order valence-corrected chi connectivity index (χ1v) is 9.32. The number of carbonyl (C=O) groups is 1. The Hall–Kier alpha value is -0.340. The number of rotatable bonds is 11. The molecule has 4 nitrogen and oxygen atoms in total. The van der Waals surface area contributed by atoms with Crippen molar-refractivity contribution in [2.45, 2.75) is 59.7 Å². The maximum atomic E-state index is 12.0. The molecule has 0 bridgehead atoms. The van der Waals surface area contributed by atoms with Gasteiger partial charge in [0.2, 0.25) is 0 Å². The summed E-state index contributed by atoms with van der Waals surface area (Å²) >= 11 is 0. The van der Waals surface area contributed by atoms with Crippen molar-refractivity contribution in [3.8, 4) is 0 Å². The Balaban J connectivity index is 3.71. The summed E-state index contributed by atoms with van der Waals surface area (Å²) in [5, 5.41) is 0. The third-order valence-corrected chi connectivity index (χ3v) is 4.87. The van der Waals surface area contributed by atoms with Gasteiger partial charge < -0.3 is 14.0 Å². The first-order chi connectivity index (χ1) is 9.32. The van der Waals surface area contributed by atoms with Crippen LogP contribution < -0.4 is 0 Å². The van der Waals surface area contributed by atoms with Gasteiger partial charge in [-0.05, 0) is 31.6 Å². The quantitative estimate of drug-likeness (QED) is 0.428.